The number of nitrogens with zero attached hydrogens (tertiary/aromatic N) is 2. The molecule has 80 valence electrons. The van der Waals surface area contributed by atoms with Gasteiger partial charge < -0.3 is 4.74 Å². The third kappa shape index (κ3) is 2.24. The highest BCUT2D eigenvalue weighted by molar-refractivity contribution is 6.31. The normalized spacial score (nSPS) is 13.1. The van der Waals surface area contributed by atoms with Crippen LogP contribution in [0.5, 0.6) is 0 Å². The maximum absolute atomic E-state index is 6.00. The molecule has 1 aromatic heterocycles. The van der Waals surface area contributed by atoms with Crippen molar-refractivity contribution < 1.29 is 4.74 Å². The van der Waals surface area contributed by atoms with E-state index in [9.17, 15) is 0 Å². The number of hydrazine groups is 1. The molecule has 1 unspecified atom stereocenters. The molecule has 0 aliphatic carbocycles. The molecule has 0 aliphatic rings. The van der Waals surface area contributed by atoms with Gasteiger partial charge >= 0.3 is 0 Å². The minimum Gasteiger partial charge on any atom is -0.383 e. The second-order valence-electron chi connectivity index (χ2n) is 2.87. The average molecular weight is 219 g/mol. The Hall–Kier alpha value is -0.620. The highest BCUT2D eigenvalue weighted by Gasteiger charge is 2.18. The Morgan fingerprint density at radius 3 is 3.00 bits per heavy atom. The van der Waals surface area contributed by atoms with Crippen LogP contribution in [-0.2, 0) is 11.3 Å². The summed E-state index contributed by atoms with van der Waals surface area (Å²) in [4.78, 5) is 0. The fraction of sp³-hybridized carbons (Fsp3) is 0.625. The number of nitrogens with two attached hydrogens (primary N) is 1. The van der Waals surface area contributed by atoms with E-state index in [1.807, 2.05) is 6.92 Å². The molecule has 1 rings (SSSR count). The number of ether oxygens (including phenoxy) is 1. The summed E-state index contributed by atoms with van der Waals surface area (Å²) in [6, 6.07) is -0.130. The number of aryl methyl sites for hydroxylation is 1. The number of methoxy groups -OCH3 is 1. The Kier molecular flexibility index (Phi) is 4.34. The van der Waals surface area contributed by atoms with Crippen LogP contribution in [0.2, 0.25) is 5.02 Å². The van der Waals surface area contributed by atoms with E-state index in [0.717, 1.165) is 12.2 Å². The van der Waals surface area contributed by atoms with Gasteiger partial charge in [0.05, 0.1) is 29.6 Å². The first-order valence-corrected chi connectivity index (χ1v) is 4.78. The van der Waals surface area contributed by atoms with Gasteiger partial charge in [0.1, 0.15) is 0 Å². The Morgan fingerprint density at radius 1 is 1.79 bits per heavy atom. The lowest BCUT2D eigenvalue weighted by atomic mass is 10.2. The van der Waals surface area contributed by atoms with Gasteiger partial charge in [-0.25, -0.2) is 5.43 Å². The Balaban J connectivity index is 2.94. The summed E-state index contributed by atoms with van der Waals surface area (Å²) >= 11 is 6.00. The van der Waals surface area contributed by atoms with Crippen LogP contribution in [0.3, 0.4) is 0 Å². The highest BCUT2D eigenvalue weighted by Crippen LogP contribution is 2.22. The third-order valence-electron chi connectivity index (χ3n) is 2.00. The topological polar surface area (TPSA) is 65.1 Å². The van der Waals surface area contributed by atoms with Gasteiger partial charge in [0, 0.05) is 13.7 Å². The van der Waals surface area contributed by atoms with Crippen molar-refractivity contribution in [1.82, 2.24) is 15.2 Å². The Bertz CT molecular complexity index is 289. The number of rotatable bonds is 5. The van der Waals surface area contributed by atoms with Crippen LogP contribution in [0, 0.1) is 0 Å². The van der Waals surface area contributed by atoms with E-state index in [-0.39, 0.29) is 6.04 Å². The van der Waals surface area contributed by atoms with Crippen LogP contribution in [-0.4, -0.2) is 23.5 Å². The minimum atomic E-state index is -0.130. The maximum atomic E-state index is 6.00. The predicted molar refractivity (Wildman–Crippen MR) is 54.9 cm³/mol. The quantitative estimate of drug-likeness (QED) is 0.564. The molecule has 3 N–H and O–H groups in total. The van der Waals surface area contributed by atoms with Crippen molar-refractivity contribution in [3.05, 3.63) is 16.9 Å². The molecule has 0 aliphatic heterocycles. The van der Waals surface area contributed by atoms with Gasteiger partial charge in [-0.05, 0) is 6.92 Å². The van der Waals surface area contributed by atoms with E-state index in [1.165, 1.54) is 0 Å². The zero-order chi connectivity index (χ0) is 10.6. The number of halogens is 1. The summed E-state index contributed by atoms with van der Waals surface area (Å²) in [5, 5.41) is 4.72. The second kappa shape index (κ2) is 5.31. The van der Waals surface area contributed by atoms with Gasteiger partial charge in [0.15, 0.2) is 0 Å². The number of hydrogen-bond donors (Lipinski definition) is 2. The summed E-state index contributed by atoms with van der Waals surface area (Å²) in [6.45, 7) is 3.21. The first kappa shape index (κ1) is 11.5. The fourth-order valence-corrected chi connectivity index (χ4v) is 1.62. The lowest BCUT2D eigenvalue weighted by Gasteiger charge is -2.16. The minimum absolute atomic E-state index is 0.130. The molecule has 1 heterocycles. The van der Waals surface area contributed by atoms with Gasteiger partial charge in [-0.15, -0.1) is 0 Å². The number of nitrogens with one attached hydrogen (secondary N) is 1. The average Bonchev–Trinajstić information content (AvgIpc) is 2.56. The predicted octanol–water partition coefficient (Wildman–Crippen LogP) is 0.707. The largest absolute Gasteiger partial charge is 0.383 e. The molecule has 0 spiro atoms. The van der Waals surface area contributed by atoms with Gasteiger partial charge in [-0.1, -0.05) is 11.6 Å². The van der Waals surface area contributed by atoms with Crippen LogP contribution in [0.15, 0.2) is 6.20 Å². The standard InChI is InChI=1S/C8H15ClN4O/c1-3-13-8(6(9)4-11-13)7(12-10)5-14-2/h4,7,12H,3,5,10H2,1-2H3. The van der Waals surface area contributed by atoms with Crippen molar-refractivity contribution in [1.29, 1.82) is 0 Å². The molecule has 0 amide bonds. The summed E-state index contributed by atoms with van der Waals surface area (Å²) in [5.41, 5.74) is 3.51. The molecular formula is C8H15ClN4O. The van der Waals surface area contributed by atoms with Crippen LogP contribution < -0.4 is 11.3 Å². The third-order valence-corrected chi connectivity index (χ3v) is 2.29. The molecule has 0 radical (unpaired) electrons. The van der Waals surface area contributed by atoms with Crippen LogP contribution in [0.25, 0.3) is 0 Å². The van der Waals surface area contributed by atoms with Gasteiger partial charge in [0.25, 0.3) is 0 Å². The molecule has 0 aromatic carbocycles. The summed E-state index contributed by atoms with van der Waals surface area (Å²) in [7, 11) is 1.62. The first-order valence-electron chi connectivity index (χ1n) is 4.40. The zero-order valence-corrected chi connectivity index (χ0v) is 9.08. The lowest BCUT2D eigenvalue weighted by molar-refractivity contribution is 0.163. The second-order valence-corrected chi connectivity index (χ2v) is 3.28. The molecule has 1 atom stereocenters. The molecule has 5 nitrogen and oxygen atoms in total. The maximum Gasteiger partial charge on any atom is 0.0877 e. The van der Waals surface area contributed by atoms with E-state index >= 15 is 0 Å². The van der Waals surface area contributed by atoms with Crippen molar-refractivity contribution in [2.45, 2.75) is 19.5 Å². The molecule has 0 bridgehead atoms. The van der Waals surface area contributed by atoms with Gasteiger partial charge in [-0.2, -0.15) is 5.10 Å². The van der Waals surface area contributed by atoms with Gasteiger partial charge in [0.2, 0.25) is 0 Å². The van der Waals surface area contributed by atoms with Crippen LogP contribution in [0.1, 0.15) is 18.7 Å². The zero-order valence-electron chi connectivity index (χ0n) is 8.33. The molecule has 0 saturated carbocycles. The van der Waals surface area contributed by atoms with E-state index in [2.05, 4.69) is 10.5 Å². The Labute approximate surface area is 88.1 Å². The van der Waals surface area contributed by atoms with E-state index in [4.69, 9.17) is 22.2 Å². The lowest BCUT2D eigenvalue weighted by Crippen LogP contribution is -2.33. The highest BCUT2D eigenvalue weighted by atomic mass is 35.5. The smallest absolute Gasteiger partial charge is 0.0877 e. The Morgan fingerprint density at radius 2 is 2.50 bits per heavy atom. The van der Waals surface area contributed by atoms with Gasteiger partial charge in [-0.3, -0.25) is 10.5 Å². The molecule has 1 aromatic rings. The molecule has 14 heavy (non-hydrogen) atoms. The van der Waals surface area contributed by atoms with Crippen molar-refractivity contribution in [2.75, 3.05) is 13.7 Å². The summed E-state index contributed by atoms with van der Waals surface area (Å²) in [6.07, 6.45) is 1.61. The molecule has 0 fully saturated rings. The summed E-state index contributed by atoms with van der Waals surface area (Å²) < 4.78 is 6.83. The van der Waals surface area contributed by atoms with Crippen molar-refractivity contribution in [2.24, 2.45) is 5.84 Å². The number of hydrogen-bond acceptors (Lipinski definition) is 4. The molecular weight excluding hydrogens is 204 g/mol. The van der Waals surface area contributed by atoms with E-state index in [1.54, 1.807) is 18.0 Å². The summed E-state index contributed by atoms with van der Waals surface area (Å²) in [5.74, 6) is 5.41. The molecule has 6 heteroatoms. The fourth-order valence-electron chi connectivity index (χ4n) is 1.34. The van der Waals surface area contributed by atoms with Crippen LogP contribution >= 0.6 is 11.6 Å². The van der Waals surface area contributed by atoms with Crippen molar-refractivity contribution >= 4 is 11.6 Å². The van der Waals surface area contributed by atoms with Crippen molar-refractivity contribution in [3.63, 3.8) is 0 Å². The first-order chi connectivity index (χ1) is 6.74. The number of aromatic nitrogens is 2. The SMILES string of the molecule is CCn1ncc(Cl)c1C(COC)NN. The van der Waals surface area contributed by atoms with Crippen molar-refractivity contribution in [3.8, 4) is 0 Å². The monoisotopic (exact) mass is 218 g/mol. The van der Waals surface area contributed by atoms with Crippen LogP contribution in [0.4, 0.5) is 0 Å². The van der Waals surface area contributed by atoms with E-state index < -0.39 is 0 Å². The van der Waals surface area contributed by atoms with E-state index in [0.29, 0.717) is 11.6 Å². The molecule has 0 saturated heterocycles.